The number of H-pyrrole nitrogens is 1. The van der Waals surface area contributed by atoms with Gasteiger partial charge in [0.05, 0.1) is 7.11 Å². The van der Waals surface area contributed by atoms with Crippen LogP contribution < -0.4 is 14.2 Å². The maximum absolute atomic E-state index is 5.61. The standard InChI is InChI=1S/C13H15N5O3.C5H12/c1-18-4-3-7-5-8-11(21-6-20-8)12(19-2)9(7)10(18)13-14-16-17-15-13;1-3-5-4-2/h5,10H,3-4,6H2,1-2H3,(H,14,15,16,17);3-5H2,1-2H3. The molecule has 0 radical (unpaired) electrons. The number of rotatable bonds is 4. The molecule has 2 aliphatic rings. The van der Waals surface area contributed by atoms with E-state index in [1.54, 1.807) is 7.11 Å². The number of aromatic amines is 1. The molecule has 26 heavy (non-hydrogen) atoms. The lowest BCUT2D eigenvalue weighted by atomic mass is 9.90. The molecule has 142 valence electrons. The van der Waals surface area contributed by atoms with Crippen molar-refractivity contribution in [2.45, 2.75) is 45.6 Å². The van der Waals surface area contributed by atoms with E-state index < -0.39 is 0 Å². The summed E-state index contributed by atoms with van der Waals surface area (Å²) in [5.41, 5.74) is 2.20. The number of benzene rings is 1. The van der Waals surface area contributed by atoms with Gasteiger partial charge in [0.1, 0.15) is 6.04 Å². The van der Waals surface area contributed by atoms with E-state index in [1.165, 1.54) is 24.8 Å². The van der Waals surface area contributed by atoms with Gasteiger partial charge in [-0.25, -0.2) is 0 Å². The van der Waals surface area contributed by atoms with Crippen LogP contribution in [0, 0.1) is 0 Å². The third-order valence-corrected chi connectivity index (χ3v) is 4.71. The number of hydrogen-bond donors (Lipinski definition) is 1. The van der Waals surface area contributed by atoms with Gasteiger partial charge < -0.3 is 14.2 Å². The van der Waals surface area contributed by atoms with Gasteiger partial charge in [-0.1, -0.05) is 38.3 Å². The molecule has 2 aliphatic heterocycles. The SMILES string of the molecule is CCCCC.COc1c2c(cc3c1C(c1nn[nH]n1)N(C)CC3)OCO2. The summed E-state index contributed by atoms with van der Waals surface area (Å²) in [6.07, 6.45) is 4.99. The number of aromatic nitrogens is 4. The Morgan fingerprint density at radius 2 is 2.12 bits per heavy atom. The Morgan fingerprint density at radius 1 is 1.31 bits per heavy atom. The predicted molar refractivity (Wildman–Crippen MR) is 96.7 cm³/mol. The number of nitrogens with one attached hydrogen (secondary N) is 1. The molecule has 3 heterocycles. The average Bonchev–Trinajstić information content (AvgIpc) is 3.32. The smallest absolute Gasteiger partial charge is 0.231 e. The Bertz CT molecular complexity index is 718. The molecular weight excluding hydrogens is 334 g/mol. The molecule has 1 N–H and O–H groups in total. The van der Waals surface area contributed by atoms with Crippen molar-refractivity contribution < 1.29 is 14.2 Å². The number of unbranched alkanes of at least 4 members (excludes halogenated alkanes) is 2. The summed E-state index contributed by atoms with van der Waals surface area (Å²) in [6.45, 7) is 5.54. The fourth-order valence-electron chi connectivity index (χ4n) is 3.40. The highest BCUT2D eigenvalue weighted by atomic mass is 16.7. The summed E-state index contributed by atoms with van der Waals surface area (Å²) in [4.78, 5) is 2.18. The minimum absolute atomic E-state index is 0.114. The average molecular weight is 361 g/mol. The highest BCUT2D eigenvalue weighted by molar-refractivity contribution is 5.62. The van der Waals surface area contributed by atoms with Crippen LogP contribution in [0.15, 0.2) is 6.07 Å². The topological polar surface area (TPSA) is 85.4 Å². The van der Waals surface area contributed by atoms with E-state index in [-0.39, 0.29) is 12.8 Å². The zero-order valence-electron chi connectivity index (χ0n) is 15.9. The van der Waals surface area contributed by atoms with E-state index >= 15 is 0 Å². The molecule has 0 saturated heterocycles. The fourth-order valence-corrected chi connectivity index (χ4v) is 3.40. The molecule has 1 aromatic heterocycles. The summed E-state index contributed by atoms with van der Waals surface area (Å²) in [5.74, 6) is 2.71. The molecule has 0 fully saturated rings. The maximum Gasteiger partial charge on any atom is 0.231 e. The van der Waals surface area contributed by atoms with Crippen LogP contribution in [-0.4, -0.2) is 53.0 Å². The lowest BCUT2D eigenvalue weighted by molar-refractivity contribution is 0.170. The van der Waals surface area contributed by atoms with Crippen molar-refractivity contribution in [3.63, 3.8) is 0 Å². The number of methoxy groups -OCH3 is 1. The van der Waals surface area contributed by atoms with Crippen LogP contribution in [0.3, 0.4) is 0 Å². The predicted octanol–water partition coefficient (Wildman–Crippen LogP) is 2.71. The number of nitrogens with zero attached hydrogens (tertiary/aromatic N) is 4. The van der Waals surface area contributed by atoms with E-state index in [1.807, 2.05) is 13.1 Å². The molecule has 1 unspecified atom stereocenters. The summed E-state index contributed by atoms with van der Waals surface area (Å²) in [5, 5.41) is 14.5. The minimum Gasteiger partial charge on any atom is -0.492 e. The molecule has 0 spiro atoms. The highest BCUT2D eigenvalue weighted by Gasteiger charge is 2.36. The number of hydrogen-bond acceptors (Lipinski definition) is 7. The molecular formula is C18H27N5O3. The van der Waals surface area contributed by atoms with E-state index in [0.29, 0.717) is 17.3 Å². The summed E-state index contributed by atoms with van der Waals surface area (Å²) >= 11 is 0. The lowest BCUT2D eigenvalue weighted by Gasteiger charge is -2.33. The van der Waals surface area contributed by atoms with Crippen LogP contribution in [0.25, 0.3) is 0 Å². The van der Waals surface area contributed by atoms with Gasteiger partial charge in [-0.15, -0.1) is 10.2 Å². The van der Waals surface area contributed by atoms with Crippen molar-refractivity contribution in [1.82, 2.24) is 25.5 Å². The molecule has 2 aromatic rings. The van der Waals surface area contributed by atoms with Gasteiger partial charge in [0.2, 0.25) is 12.5 Å². The number of fused-ring (bicyclic) bond motifs is 2. The van der Waals surface area contributed by atoms with Crippen molar-refractivity contribution in [3.8, 4) is 17.2 Å². The van der Waals surface area contributed by atoms with E-state index in [0.717, 1.165) is 24.3 Å². The third kappa shape index (κ3) is 3.46. The molecule has 0 saturated carbocycles. The zero-order chi connectivity index (χ0) is 18.5. The molecule has 8 nitrogen and oxygen atoms in total. The largest absolute Gasteiger partial charge is 0.492 e. The second-order valence-corrected chi connectivity index (χ2v) is 6.47. The van der Waals surface area contributed by atoms with Crippen LogP contribution in [0.1, 0.15) is 56.1 Å². The van der Waals surface area contributed by atoms with Gasteiger partial charge in [0, 0.05) is 12.1 Å². The molecule has 4 rings (SSSR count). The zero-order valence-corrected chi connectivity index (χ0v) is 15.9. The first kappa shape index (κ1) is 18.4. The van der Waals surface area contributed by atoms with E-state index in [9.17, 15) is 0 Å². The summed E-state index contributed by atoms with van der Waals surface area (Å²) in [7, 11) is 3.67. The first-order valence-electron chi connectivity index (χ1n) is 9.14. The number of ether oxygens (including phenoxy) is 3. The Morgan fingerprint density at radius 3 is 2.73 bits per heavy atom. The van der Waals surface area contributed by atoms with Crippen molar-refractivity contribution in [3.05, 3.63) is 23.0 Å². The second kappa shape index (κ2) is 8.35. The van der Waals surface area contributed by atoms with Crippen LogP contribution in [-0.2, 0) is 6.42 Å². The lowest BCUT2D eigenvalue weighted by Crippen LogP contribution is -2.34. The third-order valence-electron chi connectivity index (χ3n) is 4.71. The van der Waals surface area contributed by atoms with Crippen molar-refractivity contribution in [2.24, 2.45) is 0 Å². The van der Waals surface area contributed by atoms with E-state index in [2.05, 4.69) is 39.4 Å². The van der Waals surface area contributed by atoms with E-state index in [4.69, 9.17) is 14.2 Å². The van der Waals surface area contributed by atoms with Crippen LogP contribution >= 0.6 is 0 Å². The molecule has 1 aromatic carbocycles. The molecule has 8 heteroatoms. The van der Waals surface area contributed by atoms with Crippen LogP contribution in [0.5, 0.6) is 17.2 Å². The first-order chi connectivity index (χ1) is 12.7. The van der Waals surface area contributed by atoms with Crippen LogP contribution in [0.4, 0.5) is 0 Å². The summed E-state index contributed by atoms with van der Waals surface area (Å²) in [6, 6.07) is 1.91. The Labute approximate surface area is 153 Å². The molecule has 0 aliphatic carbocycles. The second-order valence-electron chi connectivity index (χ2n) is 6.47. The molecule has 1 atom stereocenters. The molecule has 0 amide bonds. The number of tetrazole rings is 1. The number of likely N-dealkylation sites (N-methyl/N-ethyl adjacent to an activating group) is 1. The highest BCUT2D eigenvalue weighted by Crippen LogP contribution is 2.50. The Balaban J connectivity index is 0.000000349. The maximum atomic E-state index is 5.61. The van der Waals surface area contributed by atoms with Crippen molar-refractivity contribution >= 4 is 0 Å². The van der Waals surface area contributed by atoms with Gasteiger partial charge in [-0.05, 0) is 25.1 Å². The summed E-state index contributed by atoms with van der Waals surface area (Å²) < 4.78 is 16.7. The Hall–Kier alpha value is -2.35. The van der Waals surface area contributed by atoms with Crippen molar-refractivity contribution in [1.29, 1.82) is 0 Å². The molecule has 0 bridgehead atoms. The van der Waals surface area contributed by atoms with Gasteiger partial charge in [-0.3, -0.25) is 4.90 Å². The van der Waals surface area contributed by atoms with Gasteiger partial charge >= 0.3 is 0 Å². The van der Waals surface area contributed by atoms with Gasteiger partial charge in [0.15, 0.2) is 17.3 Å². The van der Waals surface area contributed by atoms with Crippen LogP contribution in [0.2, 0.25) is 0 Å². The normalized spacial score (nSPS) is 18.1. The van der Waals surface area contributed by atoms with Crippen molar-refractivity contribution in [2.75, 3.05) is 27.5 Å². The minimum atomic E-state index is -0.114. The van der Waals surface area contributed by atoms with Gasteiger partial charge in [-0.2, -0.15) is 5.21 Å². The van der Waals surface area contributed by atoms with Gasteiger partial charge in [0.25, 0.3) is 0 Å². The fraction of sp³-hybridized carbons (Fsp3) is 0.611. The Kier molecular flexibility index (Phi) is 5.92. The quantitative estimate of drug-likeness (QED) is 0.896. The monoisotopic (exact) mass is 361 g/mol. The first-order valence-corrected chi connectivity index (χ1v) is 9.14.